The van der Waals surface area contributed by atoms with Crippen LogP contribution in [-0.2, 0) is 17.1 Å². The van der Waals surface area contributed by atoms with Crippen LogP contribution in [-0.4, -0.2) is 41.3 Å². The molecule has 0 atom stereocenters. The van der Waals surface area contributed by atoms with Gasteiger partial charge in [-0.3, -0.25) is 14.2 Å². The summed E-state index contributed by atoms with van der Waals surface area (Å²) in [5.74, 6) is -0.478. The lowest BCUT2D eigenvalue weighted by atomic mass is 10.1. The van der Waals surface area contributed by atoms with Crippen molar-refractivity contribution in [1.29, 1.82) is 0 Å². The van der Waals surface area contributed by atoms with Crippen LogP contribution < -0.4 is 14.8 Å². The van der Waals surface area contributed by atoms with Crippen molar-refractivity contribution in [2.75, 3.05) is 17.1 Å². The number of para-hydroxylation sites is 2. The summed E-state index contributed by atoms with van der Waals surface area (Å²) in [6, 6.07) is 11.9. The largest absolute Gasteiger partial charge is 0.506 e. The Hall–Kier alpha value is -4.12. The molecule has 0 saturated heterocycles. The maximum atomic E-state index is 13.0. The van der Waals surface area contributed by atoms with Crippen molar-refractivity contribution in [3.05, 3.63) is 65.5 Å². The number of anilines is 2. The standard InChI is InChI=1S/C23H23N5O5S/c1-13-17(12-16-14(2)26-28(3)22(16)24-13)23(30)25-19-11-15(9-10-20(19)29)34(31,32)27-18-7-5-6-8-21(18)33-4/h5-12,27,29H,1-4H3,(H,25,30). The molecule has 3 N–H and O–H groups in total. The van der Waals surface area contributed by atoms with Crippen LogP contribution in [0, 0.1) is 13.8 Å². The minimum Gasteiger partial charge on any atom is -0.506 e. The highest BCUT2D eigenvalue weighted by molar-refractivity contribution is 7.92. The van der Waals surface area contributed by atoms with Crippen molar-refractivity contribution in [2.45, 2.75) is 18.7 Å². The molecule has 10 nitrogen and oxygen atoms in total. The highest BCUT2D eigenvalue weighted by Gasteiger charge is 2.21. The molecule has 4 rings (SSSR count). The van der Waals surface area contributed by atoms with Gasteiger partial charge in [0.25, 0.3) is 15.9 Å². The highest BCUT2D eigenvalue weighted by atomic mass is 32.2. The Morgan fingerprint density at radius 2 is 1.79 bits per heavy atom. The predicted molar refractivity (Wildman–Crippen MR) is 128 cm³/mol. The first kappa shape index (κ1) is 23.1. The number of sulfonamides is 1. The number of amides is 1. The second-order valence-corrected chi connectivity index (χ2v) is 9.32. The summed E-state index contributed by atoms with van der Waals surface area (Å²) in [5.41, 5.74) is 2.31. The number of aromatic nitrogens is 3. The summed E-state index contributed by atoms with van der Waals surface area (Å²) in [5, 5.41) is 17.9. The summed E-state index contributed by atoms with van der Waals surface area (Å²) in [6.07, 6.45) is 0. The zero-order chi connectivity index (χ0) is 24.6. The number of ether oxygens (including phenoxy) is 1. The first-order valence-corrected chi connectivity index (χ1v) is 11.7. The SMILES string of the molecule is COc1ccccc1NS(=O)(=O)c1ccc(O)c(NC(=O)c2cc3c(C)nn(C)c3nc2C)c1. The highest BCUT2D eigenvalue weighted by Crippen LogP contribution is 2.30. The smallest absolute Gasteiger partial charge is 0.262 e. The Morgan fingerprint density at radius 1 is 1.06 bits per heavy atom. The van der Waals surface area contributed by atoms with Gasteiger partial charge >= 0.3 is 0 Å². The zero-order valence-electron chi connectivity index (χ0n) is 18.9. The van der Waals surface area contributed by atoms with E-state index in [4.69, 9.17) is 4.74 Å². The van der Waals surface area contributed by atoms with E-state index < -0.39 is 15.9 Å². The Labute approximate surface area is 196 Å². The number of phenolic OH excluding ortho intramolecular Hbond substituents is 1. The molecule has 0 fully saturated rings. The summed E-state index contributed by atoms with van der Waals surface area (Å²) in [6.45, 7) is 3.50. The summed E-state index contributed by atoms with van der Waals surface area (Å²) >= 11 is 0. The quantitative estimate of drug-likeness (QED) is 0.359. The van der Waals surface area contributed by atoms with Gasteiger partial charge in [0, 0.05) is 12.4 Å². The summed E-state index contributed by atoms with van der Waals surface area (Å²) in [7, 11) is -0.840. The van der Waals surface area contributed by atoms with E-state index in [2.05, 4.69) is 20.1 Å². The molecule has 1 amide bonds. The number of hydrogen-bond donors (Lipinski definition) is 3. The van der Waals surface area contributed by atoms with Gasteiger partial charge in [0.1, 0.15) is 11.5 Å². The molecule has 34 heavy (non-hydrogen) atoms. The molecular formula is C23H23N5O5S. The van der Waals surface area contributed by atoms with Crippen molar-refractivity contribution in [3.63, 3.8) is 0 Å². The van der Waals surface area contributed by atoms with E-state index in [9.17, 15) is 18.3 Å². The third kappa shape index (κ3) is 4.25. The lowest BCUT2D eigenvalue weighted by molar-refractivity contribution is 0.102. The number of carbonyl (C=O) groups is 1. The molecular weight excluding hydrogens is 458 g/mol. The zero-order valence-corrected chi connectivity index (χ0v) is 19.8. The van der Waals surface area contributed by atoms with Gasteiger partial charge in [-0.15, -0.1) is 0 Å². The number of benzene rings is 2. The molecule has 2 aromatic carbocycles. The third-order valence-corrected chi connectivity index (χ3v) is 6.67. The maximum Gasteiger partial charge on any atom is 0.262 e. The number of pyridine rings is 1. The fourth-order valence-corrected chi connectivity index (χ4v) is 4.66. The molecule has 0 aliphatic rings. The second-order valence-electron chi connectivity index (χ2n) is 7.64. The molecule has 2 aromatic heterocycles. The van der Waals surface area contributed by atoms with E-state index in [0.717, 1.165) is 11.1 Å². The normalized spacial score (nSPS) is 11.4. The van der Waals surface area contributed by atoms with Crippen LogP contribution in [0.5, 0.6) is 11.5 Å². The number of phenols is 1. The molecule has 0 spiro atoms. The number of fused-ring (bicyclic) bond motifs is 1. The van der Waals surface area contributed by atoms with Crippen LogP contribution in [0.4, 0.5) is 11.4 Å². The van der Waals surface area contributed by atoms with Crippen molar-refractivity contribution >= 4 is 38.3 Å². The topological polar surface area (TPSA) is 135 Å². The van der Waals surface area contributed by atoms with Gasteiger partial charge in [-0.1, -0.05) is 12.1 Å². The minimum absolute atomic E-state index is 0.0599. The number of aromatic hydroxyl groups is 1. The summed E-state index contributed by atoms with van der Waals surface area (Å²) < 4.78 is 35.2. The Kier molecular flexibility index (Phi) is 5.88. The Morgan fingerprint density at radius 3 is 2.53 bits per heavy atom. The minimum atomic E-state index is -4.04. The monoisotopic (exact) mass is 481 g/mol. The van der Waals surface area contributed by atoms with E-state index >= 15 is 0 Å². The lowest BCUT2D eigenvalue weighted by Crippen LogP contribution is -2.16. The van der Waals surface area contributed by atoms with Crippen LogP contribution in [0.25, 0.3) is 11.0 Å². The van der Waals surface area contributed by atoms with E-state index in [-0.39, 0.29) is 27.6 Å². The fraction of sp³-hybridized carbons (Fsp3) is 0.174. The van der Waals surface area contributed by atoms with Crippen LogP contribution >= 0.6 is 0 Å². The van der Waals surface area contributed by atoms with E-state index in [0.29, 0.717) is 17.1 Å². The van der Waals surface area contributed by atoms with Gasteiger partial charge in [-0.05, 0) is 50.2 Å². The van der Waals surface area contributed by atoms with Gasteiger partial charge in [0.15, 0.2) is 5.65 Å². The molecule has 11 heteroatoms. The molecule has 176 valence electrons. The average molecular weight is 482 g/mol. The molecule has 0 aliphatic carbocycles. The third-order valence-electron chi connectivity index (χ3n) is 5.31. The van der Waals surface area contributed by atoms with Crippen molar-refractivity contribution in [3.8, 4) is 11.5 Å². The van der Waals surface area contributed by atoms with E-state index in [1.165, 1.54) is 25.3 Å². The molecule has 2 heterocycles. The van der Waals surface area contributed by atoms with Gasteiger partial charge in [-0.25, -0.2) is 13.4 Å². The number of aryl methyl sites for hydroxylation is 3. The number of rotatable bonds is 6. The van der Waals surface area contributed by atoms with Crippen molar-refractivity contribution in [2.24, 2.45) is 7.05 Å². The van der Waals surface area contributed by atoms with Crippen LogP contribution in [0.15, 0.2) is 53.4 Å². The van der Waals surface area contributed by atoms with Crippen molar-refractivity contribution < 1.29 is 23.1 Å². The first-order valence-electron chi connectivity index (χ1n) is 10.2. The Balaban J connectivity index is 1.65. The second kappa shape index (κ2) is 8.67. The molecule has 4 aromatic rings. The average Bonchev–Trinajstić information content (AvgIpc) is 3.07. The fourth-order valence-electron chi connectivity index (χ4n) is 3.57. The van der Waals surface area contributed by atoms with Gasteiger partial charge in [0.2, 0.25) is 0 Å². The molecule has 0 unspecified atom stereocenters. The van der Waals surface area contributed by atoms with E-state index in [1.807, 2.05) is 6.92 Å². The first-order chi connectivity index (χ1) is 16.1. The van der Waals surface area contributed by atoms with Gasteiger partial charge < -0.3 is 15.2 Å². The summed E-state index contributed by atoms with van der Waals surface area (Å²) in [4.78, 5) is 17.3. The predicted octanol–water partition coefficient (Wildman–Crippen LogP) is 3.35. The van der Waals surface area contributed by atoms with Crippen LogP contribution in [0.1, 0.15) is 21.7 Å². The van der Waals surface area contributed by atoms with Crippen LogP contribution in [0.3, 0.4) is 0 Å². The molecule has 0 bridgehead atoms. The van der Waals surface area contributed by atoms with E-state index in [1.54, 1.807) is 49.0 Å². The molecule has 0 radical (unpaired) electrons. The maximum absolute atomic E-state index is 13.0. The van der Waals surface area contributed by atoms with Crippen LogP contribution in [0.2, 0.25) is 0 Å². The number of methoxy groups -OCH3 is 1. The molecule has 0 saturated carbocycles. The number of nitrogens with one attached hydrogen (secondary N) is 2. The Bertz CT molecular complexity index is 1530. The number of hydrogen-bond acceptors (Lipinski definition) is 7. The number of carbonyl (C=O) groups excluding carboxylic acids is 1. The number of nitrogens with zero attached hydrogens (tertiary/aromatic N) is 3. The van der Waals surface area contributed by atoms with Gasteiger partial charge in [0.05, 0.1) is 40.3 Å². The van der Waals surface area contributed by atoms with Gasteiger partial charge in [-0.2, -0.15) is 5.10 Å². The molecule has 0 aliphatic heterocycles. The van der Waals surface area contributed by atoms with Crippen molar-refractivity contribution in [1.82, 2.24) is 14.8 Å². The lowest BCUT2D eigenvalue weighted by Gasteiger charge is -2.14.